The normalized spacial score (nSPS) is 22.7. The van der Waals surface area contributed by atoms with Crippen LogP contribution in [0.1, 0.15) is 38.3 Å². The second-order valence-electron chi connectivity index (χ2n) is 8.59. The molecule has 0 unspecified atom stereocenters. The summed E-state index contributed by atoms with van der Waals surface area (Å²) in [5.74, 6) is -2.77. The van der Waals surface area contributed by atoms with Crippen molar-refractivity contribution in [3.05, 3.63) is 60.3 Å². The van der Waals surface area contributed by atoms with Crippen LogP contribution in [0.15, 0.2) is 48.8 Å². The number of aliphatic hydroxyl groups excluding tert-OH is 1. The molecular weight excluding hydrogens is 440 g/mol. The molecule has 1 aromatic carbocycles. The first kappa shape index (κ1) is 24.7. The monoisotopic (exact) mass is 466 g/mol. The zero-order chi connectivity index (χ0) is 24.4. The van der Waals surface area contributed by atoms with Gasteiger partial charge in [-0.2, -0.15) is 13.2 Å². The van der Waals surface area contributed by atoms with Crippen molar-refractivity contribution in [3.8, 4) is 11.3 Å². The molecule has 0 amide bonds. The van der Waals surface area contributed by atoms with E-state index in [1.807, 2.05) is 12.4 Å². The van der Waals surface area contributed by atoms with Crippen molar-refractivity contribution in [2.24, 2.45) is 11.3 Å². The topological polar surface area (TPSA) is 75.4 Å². The van der Waals surface area contributed by atoms with Gasteiger partial charge in [-0.25, -0.2) is 14.2 Å². The maximum atomic E-state index is 13.3. The average molecular weight is 466 g/mol. The Kier molecular flexibility index (Phi) is 7.11. The zero-order valence-corrected chi connectivity index (χ0v) is 18.1. The maximum absolute atomic E-state index is 13.3. The molecule has 0 spiro atoms. The number of alkyl halides is 3. The van der Waals surface area contributed by atoms with E-state index in [-0.39, 0.29) is 23.3 Å². The second kappa shape index (κ2) is 9.51. The highest BCUT2D eigenvalue weighted by Crippen LogP contribution is 2.51. The van der Waals surface area contributed by atoms with Gasteiger partial charge in [0.15, 0.2) is 0 Å². The Morgan fingerprint density at radius 1 is 1.36 bits per heavy atom. The van der Waals surface area contributed by atoms with E-state index in [0.717, 1.165) is 42.8 Å². The predicted molar refractivity (Wildman–Crippen MR) is 116 cm³/mol. The molecule has 9 heteroatoms. The van der Waals surface area contributed by atoms with Gasteiger partial charge in [0.1, 0.15) is 5.82 Å². The van der Waals surface area contributed by atoms with Crippen LogP contribution in [0.4, 0.5) is 17.6 Å². The molecule has 3 atom stereocenters. The molecule has 0 saturated heterocycles. The van der Waals surface area contributed by atoms with Gasteiger partial charge in [-0.1, -0.05) is 18.6 Å². The second-order valence-corrected chi connectivity index (χ2v) is 8.59. The first-order valence-electron chi connectivity index (χ1n) is 10.6. The van der Waals surface area contributed by atoms with Crippen molar-refractivity contribution in [3.63, 3.8) is 0 Å². The summed E-state index contributed by atoms with van der Waals surface area (Å²) in [6.45, 7) is 6.88. The minimum atomic E-state index is -5.08. The molecule has 178 valence electrons. The van der Waals surface area contributed by atoms with Gasteiger partial charge in [-0.15, -0.1) is 6.58 Å². The fourth-order valence-corrected chi connectivity index (χ4v) is 4.78. The Morgan fingerprint density at radius 2 is 2.00 bits per heavy atom. The van der Waals surface area contributed by atoms with Crippen molar-refractivity contribution in [1.82, 2.24) is 9.55 Å². The van der Waals surface area contributed by atoms with E-state index in [2.05, 4.69) is 29.1 Å². The molecule has 2 heterocycles. The van der Waals surface area contributed by atoms with Gasteiger partial charge in [0, 0.05) is 17.5 Å². The fourth-order valence-electron chi connectivity index (χ4n) is 4.78. The molecule has 2 aromatic rings. The van der Waals surface area contributed by atoms with Crippen molar-refractivity contribution in [2.75, 3.05) is 0 Å². The number of halogens is 4. The molecular formula is C24H26F4N2O3. The van der Waals surface area contributed by atoms with E-state index in [1.165, 1.54) is 17.7 Å². The van der Waals surface area contributed by atoms with Crippen LogP contribution in [0, 0.1) is 17.2 Å². The highest BCUT2D eigenvalue weighted by Gasteiger charge is 2.45. The number of allylic oxidation sites excluding steroid dienone is 1. The fraction of sp³-hybridized carbons (Fsp3) is 0.417. The molecule has 0 radical (unpaired) electrons. The summed E-state index contributed by atoms with van der Waals surface area (Å²) < 4.78 is 47.2. The summed E-state index contributed by atoms with van der Waals surface area (Å²) in [4.78, 5) is 13.5. The van der Waals surface area contributed by atoms with Gasteiger partial charge in [0.2, 0.25) is 0 Å². The third kappa shape index (κ3) is 5.19. The summed E-state index contributed by atoms with van der Waals surface area (Å²) in [5, 5.41) is 17.8. The van der Waals surface area contributed by atoms with Crippen LogP contribution < -0.4 is 0 Å². The molecule has 1 saturated carbocycles. The number of rotatable bonds is 4. The largest absolute Gasteiger partial charge is 0.490 e. The summed E-state index contributed by atoms with van der Waals surface area (Å²) in [6.07, 6.45) is 4.32. The van der Waals surface area contributed by atoms with E-state index in [0.29, 0.717) is 6.42 Å². The van der Waals surface area contributed by atoms with E-state index in [4.69, 9.17) is 9.90 Å². The summed E-state index contributed by atoms with van der Waals surface area (Å²) in [6, 6.07) is 6.51. The SMILES string of the molecule is C=CC[C@@H](O)[C@H]1CCCC2=Cc3c(-c4ccc(F)cc4)ncn3C[C@@]21C.O=C(O)C(F)(F)F. The van der Waals surface area contributed by atoms with Gasteiger partial charge in [0.05, 0.1) is 23.8 Å². The Bertz CT molecular complexity index is 1040. The van der Waals surface area contributed by atoms with Gasteiger partial charge >= 0.3 is 12.1 Å². The van der Waals surface area contributed by atoms with Gasteiger partial charge in [-0.05, 0) is 61.9 Å². The van der Waals surface area contributed by atoms with Crippen molar-refractivity contribution in [1.29, 1.82) is 0 Å². The Labute approximate surface area is 189 Å². The number of carboxylic acids is 1. The number of hydrogen-bond acceptors (Lipinski definition) is 3. The minimum absolute atomic E-state index is 0.0611. The summed E-state index contributed by atoms with van der Waals surface area (Å²) in [7, 11) is 0. The van der Waals surface area contributed by atoms with Crippen LogP contribution in [-0.2, 0) is 11.3 Å². The summed E-state index contributed by atoms with van der Waals surface area (Å²) in [5.41, 5.74) is 4.25. The number of benzene rings is 1. The first-order valence-corrected chi connectivity index (χ1v) is 10.6. The maximum Gasteiger partial charge on any atom is 0.490 e. The number of nitrogens with zero attached hydrogens (tertiary/aromatic N) is 2. The first-order chi connectivity index (χ1) is 15.5. The van der Waals surface area contributed by atoms with Crippen LogP contribution in [-0.4, -0.2) is 38.0 Å². The van der Waals surface area contributed by atoms with E-state index >= 15 is 0 Å². The number of fused-ring (bicyclic) bond motifs is 2. The molecule has 1 aliphatic heterocycles. The third-order valence-electron chi connectivity index (χ3n) is 6.43. The van der Waals surface area contributed by atoms with Crippen LogP contribution in [0.25, 0.3) is 17.3 Å². The zero-order valence-electron chi connectivity index (χ0n) is 18.1. The Hall–Kier alpha value is -2.94. The standard InChI is InChI=1S/C22H25FN2O.C2HF3O2/c1-3-5-20(26)18-7-4-6-16-12-19-21(15-8-10-17(23)11-9-15)24-14-25(19)13-22(16,18)2;3-2(4,5)1(6)7/h3,8-12,14,18,20,26H,1,4-7,13H2,2H3;(H,6,7)/t18-,20-,22+;/m1./s1. The molecule has 33 heavy (non-hydrogen) atoms. The van der Waals surface area contributed by atoms with Gasteiger partial charge in [0.25, 0.3) is 0 Å². The highest BCUT2D eigenvalue weighted by molar-refractivity contribution is 5.73. The van der Waals surface area contributed by atoms with Crippen LogP contribution >= 0.6 is 0 Å². The molecule has 2 N–H and O–H groups in total. The molecule has 1 fully saturated rings. The lowest BCUT2D eigenvalue weighted by molar-refractivity contribution is -0.192. The number of aromatic nitrogens is 2. The van der Waals surface area contributed by atoms with E-state index < -0.39 is 12.1 Å². The molecule has 0 bridgehead atoms. The Morgan fingerprint density at radius 3 is 2.58 bits per heavy atom. The molecule has 2 aliphatic rings. The Balaban J connectivity index is 0.000000383. The average Bonchev–Trinajstić information content (AvgIpc) is 3.13. The molecule has 5 nitrogen and oxygen atoms in total. The van der Waals surface area contributed by atoms with E-state index in [9.17, 15) is 22.7 Å². The van der Waals surface area contributed by atoms with Crippen molar-refractivity contribution < 1.29 is 32.6 Å². The minimum Gasteiger partial charge on any atom is -0.475 e. The number of aliphatic hydroxyl groups is 1. The molecule has 1 aliphatic carbocycles. The number of carboxylic acid groups (broad SMARTS) is 1. The van der Waals surface area contributed by atoms with Crippen LogP contribution in [0.5, 0.6) is 0 Å². The molecule has 4 rings (SSSR count). The van der Waals surface area contributed by atoms with E-state index in [1.54, 1.807) is 12.1 Å². The number of imidazole rings is 1. The number of hydrogen-bond donors (Lipinski definition) is 2. The number of carbonyl (C=O) groups is 1. The lowest BCUT2D eigenvalue weighted by Gasteiger charge is -2.48. The van der Waals surface area contributed by atoms with Crippen molar-refractivity contribution >= 4 is 12.0 Å². The third-order valence-corrected chi connectivity index (χ3v) is 6.43. The van der Waals surface area contributed by atoms with Crippen molar-refractivity contribution in [2.45, 2.75) is 51.4 Å². The van der Waals surface area contributed by atoms with Gasteiger partial charge < -0.3 is 14.8 Å². The quantitative estimate of drug-likeness (QED) is 0.463. The lowest BCUT2D eigenvalue weighted by atomic mass is 9.61. The van der Waals surface area contributed by atoms with Crippen LogP contribution in [0.3, 0.4) is 0 Å². The predicted octanol–water partition coefficient (Wildman–Crippen LogP) is 5.46. The smallest absolute Gasteiger partial charge is 0.475 e. The van der Waals surface area contributed by atoms with Crippen LogP contribution in [0.2, 0.25) is 0 Å². The number of aliphatic carboxylic acids is 1. The lowest BCUT2D eigenvalue weighted by Crippen LogP contribution is -2.44. The molecule has 1 aromatic heterocycles. The van der Waals surface area contributed by atoms with Gasteiger partial charge in [-0.3, -0.25) is 0 Å². The highest BCUT2D eigenvalue weighted by atomic mass is 19.4. The summed E-state index contributed by atoms with van der Waals surface area (Å²) >= 11 is 0.